The Bertz CT molecular complexity index is 321. The van der Waals surface area contributed by atoms with E-state index >= 15 is 0 Å². The molecule has 1 aromatic carbocycles. The SMILES string of the molecule is COC(=O)[C@@H](Cl)Cc1ccc(OC)cc1. The lowest BCUT2D eigenvalue weighted by Gasteiger charge is -2.07. The maximum atomic E-state index is 11.1. The number of esters is 1. The summed E-state index contributed by atoms with van der Waals surface area (Å²) in [5.74, 6) is 0.371. The minimum atomic E-state index is -0.636. The van der Waals surface area contributed by atoms with Crippen LogP contribution in [0.3, 0.4) is 0 Å². The van der Waals surface area contributed by atoms with Crippen LogP contribution >= 0.6 is 11.6 Å². The van der Waals surface area contributed by atoms with E-state index < -0.39 is 11.3 Å². The van der Waals surface area contributed by atoms with Crippen molar-refractivity contribution in [2.45, 2.75) is 11.8 Å². The van der Waals surface area contributed by atoms with Crippen molar-refractivity contribution >= 4 is 17.6 Å². The van der Waals surface area contributed by atoms with E-state index in [9.17, 15) is 4.79 Å². The van der Waals surface area contributed by atoms with E-state index in [0.29, 0.717) is 6.42 Å². The summed E-state index contributed by atoms with van der Waals surface area (Å²) in [7, 11) is 2.93. The number of alkyl halides is 1. The monoisotopic (exact) mass is 228 g/mol. The molecule has 1 atom stereocenters. The van der Waals surface area contributed by atoms with Gasteiger partial charge in [-0.3, -0.25) is 4.79 Å². The fraction of sp³-hybridized carbons (Fsp3) is 0.364. The number of rotatable bonds is 4. The molecule has 0 aliphatic rings. The lowest BCUT2D eigenvalue weighted by atomic mass is 10.1. The van der Waals surface area contributed by atoms with E-state index in [1.54, 1.807) is 7.11 Å². The molecule has 0 amide bonds. The van der Waals surface area contributed by atoms with Crippen LogP contribution in [0, 0.1) is 0 Å². The average Bonchev–Trinajstić information content (AvgIpc) is 2.29. The van der Waals surface area contributed by atoms with Gasteiger partial charge in [-0.15, -0.1) is 11.6 Å². The van der Waals surface area contributed by atoms with Gasteiger partial charge in [0.25, 0.3) is 0 Å². The highest BCUT2D eigenvalue weighted by Crippen LogP contribution is 2.14. The predicted octanol–water partition coefficient (Wildman–Crippen LogP) is 2.02. The molecule has 4 heteroatoms. The third-order valence-electron chi connectivity index (χ3n) is 2.03. The molecule has 0 heterocycles. The number of ether oxygens (including phenoxy) is 2. The highest BCUT2D eigenvalue weighted by Gasteiger charge is 2.15. The van der Waals surface area contributed by atoms with E-state index in [0.717, 1.165) is 11.3 Å². The quantitative estimate of drug-likeness (QED) is 0.584. The van der Waals surface area contributed by atoms with E-state index in [4.69, 9.17) is 16.3 Å². The molecule has 0 aromatic heterocycles. The van der Waals surface area contributed by atoms with Crippen LogP contribution in [0.15, 0.2) is 24.3 Å². The first-order valence-corrected chi connectivity index (χ1v) is 4.96. The van der Waals surface area contributed by atoms with Crippen molar-refractivity contribution in [1.82, 2.24) is 0 Å². The van der Waals surface area contributed by atoms with Crippen LogP contribution in [0.5, 0.6) is 5.75 Å². The van der Waals surface area contributed by atoms with Gasteiger partial charge in [0.1, 0.15) is 11.1 Å². The van der Waals surface area contributed by atoms with E-state index in [1.807, 2.05) is 24.3 Å². The van der Waals surface area contributed by atoms with Gasteiger partial charge in [0.2, 0.25) is 0 Å². The Labute approximate surface area is 93.9 Å². The second-order valence-electron chi connectivity index (χ2n) is 3.04. The second-order valence-corrected chi connectivity index (χ2v) is 3.57. The smallest absolute Gasteiger partial charge is 0.324 e. The fourth-order valence-electron chi connectivity index (χ4n) is 1.18. The number of halogens is 1. The third kappa shape index (κ3) is 3.44. The van der Waals surface area contributed by atoms with Gasteiger partial charge in [0.05, 0.1) is 14.2 Å². The summed E-state index contributed by atoms with van der Waals surface area (Å²) in [6.07, 6.45) is 0.457. The van der Waals surface area contributed by atoms with Crippen LogP contribution in [0.2, 0.25) is 0 Å². The summed E-state index contributed by atoms with van der Waals surface area (Å²) in [5.41, 5.74) is 0.973. The molecule has 0 unspecified atom stereocenters. The molecule has 1 aromatic rings. The van der Waals surface area contributed by atoms with Gasteiger partial charge in [0.15, 0.2) is 0 Å². The average molecular weight is 229 g/mol. The van der Waals surface area contributed by atoms with Crippen molar-refractivity contribution in [2.24, 2.45) is 0 Å². The highest BCUT2D eigenvalue weighted by molar-refractivity contribution is 6.30. The van der Waals surface area contributed by atoms with Gasteiger partial charge in [-0.1, -0.05) is 12.1 Å². The van der Waals surface area contributed by atoms with Crippen LogP contribution in [0.1, 0.15) is 5.56 Å². The summed E-state index contributed by atoms with van der Waals surface area (Å²) in [6.45, 7) is 0. The maximum absolute atomic E-state index is 11.1. The fourth-order valence-corrected chi connectivity index (χ4v) is 1.45. The largest absolute Gasteiger partial charge is 0.497 e. The first kappa shape index (κ1) is 11.9. The van der Waals surface area contributed by atoms with Gasteiger partial charge >= 0.3 is 5.97 Å². The molecule has 82 valence electrons. The predicted molar refractivity (Wildman–Crippen MR) is 58.4 cm³/mol. The topological polar surface area (TPSA) is 35.5 Å². The van der Waals surface area contributed by atoms with Crippen LogP contribution in [-0.2, 0) is 16.0 Å². The number of carbonyl (C=O) groups is 1. The standard InChI is InChI=1S/C11H13ClO3/c1-14-9-5-3-8(4-6-9)7-10(12)11(13)15-2/h3-6,10H,7H2,1-2H3/t10-/m0/s1. The van der Waals surface area contributed by atoms with Crippen LogP contribution in [0.4, 0.5) is 0 Å². The molecule has 3 nitrogen and oxygen atoms in total. The minimum absolute atomic E-state index is 0.410. The summed E-state index contributed by atoms with van der Waals surface area (Å²) in [6, 6.07) is 7.40. The normalized spacial score (nSPS) is 11.9. The Balaban J connectivity index is 2.60. The Morgan fingerprint density at radius 1 is 1.33 bits per heavy atom. The molecule has 0 aliphatic carbocycles. The van der Waals surface area contributed by atoms with E-state index in [1.165, 1.54) is 7.11 Å². The van der Waals surface area contributed by atoms with Crippen molar-refractivity contribution < 1.29 is 14.3 Å². The number of hydrogen-bond acceptors (Lipinski definition) is 3. The summed E-state index contributed by atoms with van der Waals surface area (Å²) >= 11 is 5.83. The first-order valence-electron chi connectivity index (χ1n) is 4.52. The molecule has 0 saturated carbocycles. The number of benzene rings is 1. The Kier molecular flexibility index (Phi) is 4.43. The molecule has 15 heavy (non-hydrogen) atoms. The van der Waals surface area contributed by atoms with Crippen LogP contribution in [-0.4, -0.2) is 25.6 Å². The molecule has 0 radical (unpaired) electrons. The molecule has 0 aliphatic heterocycles. The van der Waals surface area contributed by atoms with Crippen molar-refractivity contribution in [2.75, 3.05) is 14.2 Å². The number of hydrogen-bond donors (Lipinski definition) is 0. The van der Waals surface area contributed by atoms with Crippen molar-refractivity contribution in [3.05, 3.63) is 29.8 Å². The molecule has 0 saturated heterocycles. The van der Waals surface area contributed by atoms with E-state index in [2.05, 4.69) is 4.74 Å². The molecule has 0 N–H and O–H groups in total. The van der Waals surface area contributed by atoms with Gasteiger partial charge in [-0.25, -0.2) is 0 Å². The zero-order valence-electron chi connectivity index (χ0n) is 8.70. The summed E-state index contributed by atoms with van der Waals surface area (Å²) in [5, 5.41) is -0.636. The van der Waals surface area contributed by atoms with Gasteiger partial charge in [0, 0.05) is 0 Å². The Morgan fingerprint density at radius 3 is 2.40 bits per heavy atom. The van der Waals surface area contributed by atoms with Gasteiger partial charge in [-0.05, 0) is 24.1 Å². The van der Waals surface area contributed by atoms with Crippen molar-refractivity contribution in [3.8, 4) is 5.75 Å². The number of carbonyl (C=O) groups excluding carboxylic acids is 1. The Morgan fingerprint density at radius 2 is 1.93 bits per heavy atom. The molecular formula is C11H13ClO3. The van der Waals surface area contributed by atoms with Gasteiger partial charge in [-0.2, -0.15) is 0 Å². The summed E-state index contributed by atoms with van der Waals surface area (Å²) in [4.78, 5) is 11.1. The third-order valence-corrected chi connectivity index (χ3v) is 2.36. The first-order chi connectivity index (χ1) is 7.17. The van der Waals surface area contributed by atoms with Crippen molar-refractivity contribution in [1.29, 1.82) is 0 Å². The number of methoxy groups -OCH3 is 2. The van der Waals surface area contributed by atoms with Crippen LogP contribution in [0.25, 0.3) is 0 Å². The second kappa shape index (κ2) is 5.61. The highest BCUT2D eigenvalue weighted by atomic mass is 35.5. The zero-order chi connectivity index (χ0) is 11.3. The molecule has 1 rings (SSSR count). The lowest BCUT2D eigenvalue weighted by Crippen LogP contribution is -2.18. The van der Waals surface area contributed by atoms with E-state index in [-0.39, 0.29) is 0 Å². The zero-order valence-corrected chi connectivity index (χ0v) is 9.45. The summed E-state index contributed by atoms with van der Waals surface area (Å²) < 4.78 is 9.55. The van der Waals surface area contributed by atoms with Crippen molar-refractivity contribution in [3.63, 3.8) is 0 Å². The minimum Gasteiger partial charge on any atom is -0.497 e. The molecule has 0 spiro atoms. The maximum Gasteiger partial charge on any atom is 0.324 e. The molecular weight excluding hydrogens is 216 g/mol. The van der Waals surface area contributed by atoms with Crippen LogP contribution < -0.4 is 4.74 Å². The molecule has 0 bridgehead atoms. The molecule has 0 fully saturated rings. The lowest BCUT2D eigenvalue weighted by molar-refractivity contribution is -0.140. The Hall–Kier alpha value is -1.22. The van der Waals surface area contributed by atoms with Gasteiger partial charge < -0.3 is 9.47 Å².